The van der Waals surface area contributed by atoms with E-state index in [-0.39, 0.29) is 0 Å². The van der Waals surface area contributed by atoms with E-state index in [2.05, 4.69) is 75.3 Å². The fourth-order valence-electron chi connectivity index (χ4n) is 3.64. The first-order valence-electron chi connectivity index (χ1n) is 10.2. The van der Waals surface area contributed by atoms with Crippen LogP contribution in [0, 0.1) is 41.5 Å². The van der Waals surface area contributed by atoms with Gasteiger partial charge in [-0.1, -0.05) is 35.9 Å². The molecule has 2 aromatic carbocycles. The highest BCUT2D eigenvalue weighted by atomic mass is 35.5. The smallest absolute Gasteiger partial charge is 0.134 e. The van der Waals surface area contributed by atoms with Crippen LogP contribution in [-0.4, -0.2) is 19.6 Å². The van der Waals surface area contributed by atoms with Crippen molar-refractivity contribution in [3.63, 3.8) is 0 Å². The molecule has 0 atom stereocenters. The van der Waals surface area contributed by atoms with Crippen molar-refractivity contribution in [2.75, 3.05) is 0 Å². The molecule has 4 rings (SSSR count). The predicted octanol–water partition coefficient (Wildman–Crippen LogP) is 6.42. The lowest BCUT2D eigenvalue weighted by molar-refractivity contribution is 0.496. The number of aryl methyl sites for hydroxylation is 5. The van der Waals surface area contributed by atoms with Gasteiger partial charge in [0.05, 0.1) is 27.8 Å². The molecule has 0 aliphatic rings. The number of halogens is 1. The number of nitrogens with zero attached hydrogens (tertiary/aromatic N) is 4. The molecule has 2 heterocycles. The van der Waals surface area contributed by atoms with E-state index in [1.54, 1.807) is 0 Å². The third kappa shape index (κ3) is 3.68. The van der Waals surface area contributed by atoms with Crippen LogP contribution in [0.2, 0.25) is 5.02 Å². The highest BCUT2D eigenvalue weighted by molar-refractivity contribution is 6.31. The molecular formula is C25H27ClN4. The molecule has 154 valence electrons. The molecule has 4 nitrogen and oxygen atoms in total. The second-order valence-corrected chi connectivity index (χ2v) is 8.52. The van der Waals surface area contributed by atoms with Gasteiger partial charge in [-0.25, -0.2) is 9.36 Å². The lowest BCUT2D eigenvalue weighted by Crippen LogP contribution is -2.13. The van der Waals surface area contributed by atoms with Crippen molar-refractivity contribution in [3.8, 4) is 22.5 Å². The Bertz CT molecular complexity index is 1250. The standard InChI is InChI=1S/C25H27ClN4/c1-15-7-9-21(11-17(15)3)23-13-24(22-10-8-16(2)18(4)12-22)30(28-23)14-29-20(6)25(26)19(5)27-29/h7-13H,14H2,1-6H3. The van der Waals surface area contributed by atoms with E-state index in [0.29, 0.717) is 11.7 Å². The molecule has 0 amide bonds. The van der Waals surface area contributed by atoms with E-state index >= 15 is 0 Å². The lowest BCUT2D eigenvalue weighted by atomic mass is 10.0. The zero-order valence-corrected chi connectivity index (χ0v) is 19.2. The van der Waals surface area contributed by atoms with Crippen molar-refractivity contribution in [2.45, 2.75) is 48.2 Å². The summed E-state index contributed by atoms with van der Waals surface area (Å²) in [5.74, 6) is 0. The van der Waals surface area contributed by atoms with E-state index in [1.807, 2.05) is 23.2 Å². The van der Waals surface area contributed by atoms with Crippen LogP contribution in [0.4, 0.5) is 0 Å². The molecule has 0 aliphatic heterocycles. The first kappa shape index (κ1) is 20.4. The van der Waals surface area contributed by atoms with Crippen molar-refractivity contribution in [1.82, 2.24) is 19.6 Å². The molecule has 2 aromatic heterocycles. The Morgan fingerprint density at radius 1 is 0.700 bits per heavy atom. The Hall–Kier alpha value is -2.85. The molecule has 0 radical (unpaired) electrons. The summed E-state index contributed by atoms with van der Waals surface area (Å²) in [4.78, 5) is 0. The van der Waals surface area contributed by atoms with Gasteiger partial charge < -0.3 is 0 Å². The maximum absolute atomic E-state index is 6.38. The molecule has 0 aliphatic carbocycles. The van der Waals surface area contributed by atoms with Crippen LogP contribution in [-0.2, 0) is 6.67 Å². The summed E-state index contributed by atoms with van der Waals surface area (Å²) in [7, 11) is 0. The van der Waals surface area contributed by atoms with Crippen LogP contribution >= 0.6 is 11.6 Å². The Balaban J connectivity index is 1.85. The Kier molecular flexibility index (Phi) is 5.29. The average molecular weight is 419 g/mol. The molecule has 0 bridgehead atoms. The fraction of sp³-hybridized carbons (Fsp3) is 0.280. The highest BCUT2D eigenvalue weighted by Crippen LogP contribution is 2.29. The second-order valence-electron chi connectivity index (χ2n) is 8.14. The van der Waals surface area contributed by atoms with Crippen LogP contribution in [0.1, 0.15) is 33.6 Å². The van der Waals surface area contributed by atoms with Crippen LogP contribution in [0.25, 0.3) is 22.5 Å². The van der Waals surface area contributed by atoms with Crippen LogP contribution in [0.3, 0.4) is 0 Å². The number of hydrogen-bond acceptors (Lipinski definition) is 2. The van der Waals surface area contributed by atoms with Crippen LogP contribution < -0.4 is 0 Å². The summed E-state index contributed by atoms with van der Waals surface area (Å²) in [6.07, 6.45) is 0. The monoisotopic (exact) mass is 418 g/mol. The average Bonchev–Trinajstić information content (AvgIpc) is 3.23. The van der Waals surface area contributed by atoms with Gasteiger partial charge in [0.2, 0.25) is 0 Å². The van der Waals surface area contributed by atoms with Gasteiger partial charge in [-0.2, -0.15) is 10.2 Å². The molecule has 0 N–H and O–H groups in total. The maximum atomic E-state index is 6.38. The quantitative estimate of drug-likeness (QED) is 0.383. The first-order chi connectivity index (χ1) is 14.2. The third-order valence-corrected chi connectivity index (χ3v) is 6.49. The Labute approximate surface area is 183 Å². The van der Waals surface area contributed by atoms with Gasteiger partial charge in [0.25, 0.3) is 0 Å². The molecule has 5 heteroatoms. The van der Waals surface area contributed by atoms with E-state index in [9.17, 15) is 0 Å². The number of rotatable bonds is 4. The van der Waals surface area contributed by atoms with Crippen molar-refractivity contribution < 1.29 is 0 Å². The predicted molar refractivity (Wildman–Crippen MR) is 124 cm³/mol. The van der Waals surface area contributed by atoms with Gasteiger partial charge in [0.1, 0.15) is 6.67 Å². The van der Waals surface area contributed by atoms with E-state index in [0.717, 1.165) is 33.9 Å². The fourth-order valence-corrected chi connectivity index (χ4v) is 3.77. The van der Waals surface area contributed by atoms with Crippen molar-refractivity contribution in [1.29, 1.82) is 0 Å². The summed E-state index contributed by atoms with van der Waals surface area (Å²) in [6, 6.07) is 15.2. The minimum absolute atomic E-state index is 0.506. The van der Waals surface area contributed by atoms with Gasteiger partial charge in [0, 0.05) is 11.1 Å². The molecule has 0 unspecified atom stereocenters. The van der Waals surface area contributed by atoms with Gasteiger partial charge in [0.15, 0.2) is 0 Å². The zero-order chi connectivity index (χ0) is 21.6. The second kappa shape index (κ2) is 7.77. The van der Waals surface area contributed by atoms with Gasteiger partial charge in [-0.15, -0.1) is 0 Å². The minimum atomic E-state index is 0.506. The van der Waals surface area contributed by atoms with Crippen LogP contribution in [0.15, 0.2) is 42.5 Å². The van der Waals surface area contributed by atoms with E-state index in [1.165, 1.54) is 22.3 Å². The summed E-state index contributed by atoms with van der Waals surface area (Å²) >= 11 is 6.38. The summed E-state index contributed by atoms with van der Waals surface area (Å²) < 4.78 is 3.93. The van der Waals surface area contributed by atoms with Crippen molar-refractivity contribution in [2.24, 2.45) is 0 Å². The van der Waals surface area contributed by atoms with E-state index < -0.39 is 0 Å². The number of hydrogen-bond donors (Lipinski definition) is 0. The maximum Gasteiger partial charge on any atom is 0.134 e. The Morgan fingerprint density at radius 2 is 1.30 bits per heavy atom. The van der Waals surface area contributed by atoms with Gasteiger partial charge in [-0.05, 0) is 82.0 Å². The largest absolute Gasteiger partial charge is 0.246 e. The minimum Gasteiger partial charge on any atom is -0.246 e. The molecule has 4 aromatic rings. The topological polar surface area (TPSA) is 35.6 Å². The van der Waals surface area contributed by atoms with Gasteiger partial charge >= 0.3 is 0 Å². The summed E-state index contributed by atoms with van der Waals surface area (Å²) in [5, 5.41) is 10.3. The molecule has 0 spiro atoms. The third-order valence-electron chi connectivity index (χ3n) is 5.95. The van der Waals surface area contributed by atoms with Crippen LogP contribution in [0.5, 0.6) is 0 Å². The molecular weight excluding hydrogens is 392 g/mol. The normalized spacial score (nSPS) is 11.3. The summed E-state index contributed by atoms with van der Waals surface area (Å²) in [5.41, 5.74) is 11.2. The SMILES string of the molecule is Cc1ccc(-c2cc(-c3ccc(C)c(C)c3)n(Cn3nc(C)c(Cl)c3C)n2)cc1C. The lowest BCUT2D eigenvalue weighted by Gasteiger charge is -2.11. The molecule has 30 heavy (non-hydrogen) atoms. The zero-order valence-electron chi connectivity index (χ0n) is 18.4. The summed E-state index contributed by atoms with van der Waals surface area (Å²) in [6.45, 7) is 13.0. The number of aromatic nitrogens is 4. The first-order valence-corrected chi connectivity index (χ1v) is 10.5. The highest BCUT2D eigenvalue weighted by Gasteiger charge is 2.16. The number of benzene rings is 2. The van der Waals surface area contributed by atoms with Gasteiger partial charge in [-0.3, -0.25) is 0 Å². The van der Waals surface area contributed by atoms with Crippen molar-refractivity contribution >= 4 is 11.6 Å². The molecule has 0 saturated carbocycles. The van der Waals surface area contributed by atoms with E-state index in [4.69, 9.17) is 16.7 Å². The molecule has 0 fully saturated rings. The van der Waals surface area contributed by atoms with Crippen molar-refractivity contribution in [3.05, 3.63) is 81.1 Å². The molecule has 0 saturated heterocycles. The Morgan fingerprint density at radius 3 is 1.87 bits per heavy atom.